The van der Waals surface area contributed by atoms with Crippen LogP contribution in [0.3, 0.4) is 0 Å². The minimum Gasteiger partial charge on any atom is -0.465 e. The van der Waals surface area contributed by atoms with Crippen LogP contribution in [0.1, 0.15) is 76.7 Å². The molecular formula is C27H39N3O5S. The minimum atomic E-state index is -4.10. The number of unbranched alkanes of at least 4 members (excludes halogenated alkanes) is 9. The van der Waals surface area contributed by atoms with Gasteiger partial charge in [0.1, 0.15) is 0 Å². The molecule has 0 atom stereocenters. The Labute approximate surface area is 214 Å². The number of amides is 1. The number of hydrogen-bond acceptors (Lipinski definition) is 4. The van der Waals surface area contributed by atoms with Gasteiger partial charge in [0, 0.05) is 7.05 Å². The standard InChI is InChI=1S/C18H30O3S.C9H9N3O2/c1-2-3-4-5-6-7-8-9-10-11-14-17-15-12-13-16-18(17)22(19,20)21;1-12(9(13)14)8-10-6-4-2-3-5-7(6)11-8/h12-13,15-16H,2-11,14H2,1H3,(H,19,20,21);2-5H,1H3,(H,10,11)(H,13,14). The molecule has 1 heterocycles. The Morgan fingerprint density at radius 1 is 0.889 bits per heavy atom. The molecular weight excluding hydrogens is 478 g/mol. The van der Waals surface area contributed by atoms with Crippen LogP contribution in [0.2, 0.25) is 0 Å². The maximum absolute atomic E-state index is 11.3. The van der Waals surface area contributed by atoms with E-state index in [9.17, 15) is 17.8 Å². The van der Waals surface area contributed by atoms with Crippen molar-refractivity contribution in [3.63, 3.8) is 0 Å². The molecule has 3 N–H and O–H groups in total. The van der Waals surface area contributed by atoms with E-state index >= 15 is 0 Å². The SMILES string of the molecule is CCCCCCCCCCCCc1ccccc1S(=O)(=O)O.CN(C(=O)O)c1nc2ccccc2[nH]1. The van der Waals surface area contributed by atoms with Crippen molar-refractivity contribution in [3.8, 4) is 0 Å². The van der Waals surface area contributed by atoms with Crippen LogP contribution in [-0.2, 0) is 16.5 Å². The fraction of sp³-hybridized carbons (Fsp3) is 0.481. The summed E-state index contributed by atoms with van der Waals surface area (Å²) in [6, 6.07) is 14.1. The molecule has 2 aromatic carbocycles. The summed E-state index contributed by atoms with van der Waals surface area (Å²) in [5.74, 6) is 0.332. The summed E-state index contributed by atoms with van der Waals surface area (Å²) in [6.07, 6.45) is 12.3. The third kappa shape index (κ3) is 9.99. The van der Waals surface area contributed by atoms with Crippen LogP contribution in [-0.4, -0.2) is 41.2 Å². The Morgan fingerprint density at radius 3 is 2.03 bits per heavy atom. The number of aryl methyl sites for hydroxylation is 1. The predicted octanol–water partition coefficient (Wildman–Crippen LogP) is 7.07. The Balaban J connectivity index is 0.000000278. The average Bonchev–Trinajstić information content (AvgIpc) is 3.29. The molecule has 0 aliphatic rings. The fourth-order valence-electron chi connectivity index (χ4n) is 3.95. The van der Waals surface area contributed by atoms with Crippen molar-refractivity contribution < 1.29 is 22.9 Å². The first-order valence-corrected chi connectivity index (χ1v) is 14.1. The molecule has 0 spiro atoms. The van der Waals surface area contributed by atoms with Crippen LogP contribution in [0, 0.1) is 0 Å². The van der Waals surface area contributed by atoms with Gasteiger partial charge in [-0.3, -0.25) is 9.45 Å². The number of carboxylic acid groups (broad SMARTS) is 1. The van der Waals surface area contributed by atoms with Crippen LogP contribution in [0.4, 0.5) is 10.7 Å². The normalized spacial score (nSPS) is 11.2. The first-order valence-electron chi connectivity index (χ1n) is 12.7. The number of aromatic nitrogens is 2. The zero-order chi connectivity index (χ0) is 26.4. The molecule has 0 unspecified atom stereocenters. The smallest absolute Gasteiger partial charge is 0.413 e. The monoisotopic (exact) mass is 517 g/mol. The van der Waals surface area contributed by atoms with Gasteiger partial charge < -0.3 is 10.1 Å². The van der Waals surface area contributed by atoms with E-state index in [1.807, 2.05) is 30.3 Å². The second kappa shape index (κ2) is 15.3. The van der Waals surface area contributed by atoms with Crippen LogP contribution >= 0.6 is 0 Å². The molecule has 0 fully saturated rings. The molecule has 1 aromatic heterocycles. The Hall–Kier alpha value is -2.91. The highest BCUT2D eigenvalue weighted by atomic mass is 32.2. The number of nitrogens with one attached hydrogen (secondary N) is 1. The van der Waals surface area contributed by atoms with Gasteiger partial charge >= 0.3 is 6.09 Å². The number of anilines is 1. The lowest BCUT2D eigenvalue weighted by molar-refractivity contribution is 0.203. The second-order valence-corrected chi connectivity index (χ2v) is 10.3. The van der Waals surface area contributed by atoms with Gasteiger partial charge in [0.15, 0.2) is 0 Å². The quantitative estimate of drug-likeness (QED) is 0.164. The maximum Gasteiger partial charge on any atom is 0.413 e. The van der Waals surface area contributed by atoms with Crippen molar-refractivity contribution in [2.45, 2.75) is 82.4 Å². The highest BCUT2D eigenvalue weighted by Crippen LogP contribution is 2.19. The van der Waals surface area contributed by atoms with Crippen LogP contribution in [0.15, 0.2) is 53.4 Å². The van der Waals surface area contributed by atoms with Crippen molar-refractivity contribution in [3.05, 3.63) is 54.1 Å². The topological polar surface area (TPSA) is 124 Å². The number of H-pyrrole nitrogens is 1. The molecule has 0 aliphatic carbocycles. The van der Waals surface area contributed by atoms with Gasteiger partial charge in [-0.15, -0.1) is 0 Å². The summed E-state index contributed by atoms with van der Waals surface area (Å²) in [5, 5.41) is 8.73. The number of carbonyl (C=O) groups is 1. The maximum atomic E-state index is 11.3. The van der Waals surface area contributed by atoms with Crippen molar-refractivity contribution in [1.29, 1.82) is 0 Å². The van der Waals surface area contributed by atoms with E-state index in [4.69, 9.17) is 5.11 Å². The van der Waals surface area contributed by atoms with Crippen molar-refractivity contribution >= 4 is 33.2 Å². The van der Waals surface area contributed by atoms with E-state index in [0.29, 0.717) is 12.4 Å². The van der Waals surface area contributed by atoms with Gasteiger partial charge in [-0.2, -0.15) is 8.42 Å². The highest BCUT2D eigenvalue weighted by Gasteiger charge is 2.14. The summed E-state index contributed by atoms with van der Waals surface area (Å²) >= 11 is 0. The predicted molar refractivity (Wildman–Crippen MR) is 144 cm³/mol. The lowest BCUT2D eigenvalue weighted by atomic mass is 10.0. The van der Waals surface area contributed by atoms with Crippen molar-refractivity contribution in [2.75, 3.05) is 11.9 Å². The van der Waals surface area contributed by atoms with E-state index in [1.165, 1.54) is 64.5 Å². The lowest BCUT2D eigenvalue weighted by Crippen LogP contribution is -2.24. The number of aromatic amines is 1. The van der Waals surface area contributed by atoms with Crippen molar-refractivity contribution in [2.24, 2.45) is 0 Å². The van der Waals surface area contributed by atoms with E-state index < -0.39 is 16.2 Å². The van der Waals surface area contributed by atoms with E-state index in [0.717, 1.165) is 34.3 Å². The molecule has 1 amide bonds. The summed E-state index contributed by atoms with van der Waals surface area (Å²) in [5.41, 5.74) is 2.32. The van der Waals surface area contributed by atoms with Gasteiger partial charge in [0.25, 0.3) is 10.1 Å². The van der Waals surface area contributed by atoms with Gasteiger partial charge in [0.05, 0.1) is 15.9 Å². The van der Waals surface area contributed by atoms with E-state index in [-0.39, 0.29) is 4.90 Å². The summed E-state index contributed by atoms with van der Waals surface area (Å²) in [6.45, 7) is 2.24. The van der Waals surface area contributed by atoms with Crippen LogP contribution in [0.5, 0.6) is 0 Å². The molecule has 9 heteroatoms. The summed E-state index contributed by atoms with van der Waals surface area (Å²) in [7, 11) is -2.65. The number of fused-ring (bicyclic) bond motifs is 1. The molecule has 8 nitrogen and oxygen atoms in total. The zero-order valence-electron chi connectivity index (χ0n) is 21.3. The number of benzene rings is 2. The molecule has 198 valence electrons. The van der Waals surface area contributed by atoms with Gasteiger partial charge in [-0.1, -0.05) is 95.0 Å². The summed E-state index contributed by atoms with van der Waals surface area (Å²) < 4.78 is 31.8. The molecule has 0 radical (unpaired) electrons. The number of rotatable bonds is 13. The molecule has 0 saturated carbocycles. The highest BCUT2D eigenvalue weighted by molar-refractivity contribution is 7.85. The van der Waals surface area contributed by atoms with Crippen molar-refractivity contribution in [1.82, 2.24) is 9.97 Å². The zero-order valence-corrected chi connectivity index (χ0v) is 22.1. The van der Waals surface area contributed by atoms with Gasteiger partial charge in [-0.25, -0.2) is 9.78 Å². The first kappa shape index (κ1) is 29.3. The number of para-hydroxylation sites is 2. The molecule has 3 aromatic rings. The Morgan fingerprint density at radius 2 is 1.44 bits per heavy atom. The third-order valence-corrected chi connectivity index (χ3v) is 6.99. The number of nitrogens with zero attached hydrogens (tertiary/aromatic N) is 2. The van der Waals surface area contributed by atoms with Crippen LogP contribution < -0.4 is 4.90 Å². The minimum absolute atomic E-state index is 0.0610. The van der Waals surface area contributed by atoms with E-state index in [1.54, 1.807) is 12.1 Å². The molecule has 0 bridgehead atoms. The molecule has 0 aliphatic heterocycles. The van der Waals surface area contributed by atoms with E-state index in [2.05, 4.69) is 16.9 Å². The number of imidazole rings is 1. The Kier molecular flexibility index (Phi) is 12.4. The van der Waals surface area contributed by atoms with Gasteiger partial charge in [-0.05, 0) is 36.6 Å². The first-order chi connectivity index (χ1) is 17.2. The molecule has 36 heavy (non-hydrogen) atoms. The molecule has 0 saturated heterocycles. The largest absolute Gasteiger partial charge is 0.465 e. The third-order valence-electron chi connectivity index (χ3n) is 6.03. The fourth-order valence-corrected chi connectivity index (χ4v) is 4.71. The Bertz CT molecular complexity index is 1140. The summed E-state index contributed by atoms with van der Waals surface area (Å²) in [4.78, 5) is 18.8. The van der Waals surface area contributed by atoms with Crippen LogP contribution in [0.25, 0.3) is 11.0 Å². The molecule has 3 rings (SSSR count). The number of hydrogen-bond donors (Lipinski definition) is 3. The van der Waals surface area contributed by atoms with Gasteiger partial charge in [0.2, 0.25) is 5.95 Å². The lowest BCUT2D eigenvalue weighted by Gasteiger charge is -2.07. The average molecular weight is 518 g/mol. The second-order valence-electron chi connectivity index (χ2n) is 8.93.